The van der Waals surface area contributed by atoms with E-state index < -0.39 is 10.0 Å². The van der Waals surface area contributed by atoms with Crippen molar-refractivity contribution in [1.82, 2.24) is 15.4 Å². The van der Waals surface area contributed by atoms with Crippen LogP contribution in [0.3, 0.4) is 0 Å². The minimum absolute atomic E-state index is 0. The number of sulfonamides is 1. The molecule has 0 heterocycles. The molecule has 0 atom stereocenters. The van der Waals surface area contributed by atoms with Crippen LogP contribution >= 0.6 is 24.0 Å². The average molecular weight is 462 g/mol. The second kappa shape index (κ2) is 10.7. The zero-order valence-electron chi connectivity index (χ0n) is 14.5. The van der Waals surface area contributed by atoms with Gasteiger partial charge in [-0.25, -0.2) is 13.1 Å². The lowest BCUT2D eigenvalue weighted by molar-refractivity contribution is 0.0268. The Morgan fingerprint density at radius 3 is 2.43 bits per heavy atom. The molecular formula is C14H31IN4O3S. The number of hydrogen-bond donors (Lipinski definition) is 3. The van der Waals surface area contributed by atoms with Gasteiger partial charge in [0.2, 0.25) is 10.0 Å². The Hall–Kier alpha value is -0.130. The van der Waals surface area contributed by atoms with Crippen molar-refractivity contribution in [1.29, 1.82) is 0 Å². The molecule has 0 aromatic carbocycles. The minimum Gasteiger partial charge on any atom is -0.377 e. The van der Waals surface area contributed by atoms with Gasteiger partial charge >= 0.3 is 0 Å². The maximum Gasteiger partial charge on any atom is 0.213 e. The Morgan fingerprint density at radius 2 is 1.96 bits per heavy atom. The smallest absolute Gasteiger partial charge is 0.213 e. The van der Waals surface area contributed by atoms with Gasteiger partial charge < -0.3 is 15.4 Å². The lowest BCUT2D eigenvalue weighted by Crippen LogP contribution is -2.46. The van der Waals surface area contributed by atoms with Crippen molar-refractivity contribution < 1.29 is 13.2 Å². The van der Waals surface area contributed by atoms with Gasteiger partial charge in [-0.15, -0.1) is 24.0 Å². The summed E-state index contributed by atoms with van der Waals surface area (Å²) < 4.78 is 31.7. The van der Waals surface area contributed by atoms with Gasteiger partial charge in [0.15, 0.2) is 5.96 Å². The first-order valence-electron chi connectivity index (χ1n) is 7.75. The third-order valence-electron chi connectivity index (χ3n) is 3.94. The van der Waals surface area contributed by atoms with E-state index in [9.17, 15) is 8.42 Å². The molecule has 0 amide bonds. The Kier molecular flexibility index (Phi) is 10.6. The molecule has 0 aromatic heterocycles. The fourth-order valence-corrected chi connectivity index (χ4v) is 2.91. The van der Waals surface area contributed by atoms with Gasteiger partial charge in [0.25, 0.3) is 0 Å². The van der Waals surface area contributed by atoms with E-state index in [1.165, 1.54) is 6.42 Å². The average Bonchev–Trinajstić information content (AvgIpc) is 2.40. The van der Waals surface area contributed by atoms with Crippen LogP contribution in [0.4, 0.5) is 0 Å². The molecule has 0 spiro atoms. The van der Waals surface area contributed by atoms with Crippen LogP contribution < -0.4 is 15.4 Å². The lowest BCUT2D eigenvalue weighted by atomic mass is 9.86. The van der Waals surface area contributed by atoms with Gasteiger partial charge in [-0.2, -0.15) is 0 Å². The highest BCUT2D eigenvalue weighted by Crippen LogP contribution is 2.25. The highest BCUT2D eigenvalue weighted by Gasteiger charge is 2.20. The van der Waals surface area contributed by atoms with E-state index in [4.69, 9.17) is 4.74 Å². The molecule has 3 N–H and O–H groups in total. The topological polar surface area (TPSA) is 91.8 Å². The van der Waals surface area contributed by atoms with E-state index in [2.05, 4.69) is 20.3 Å². The van der Waals surface area contributed by atoms with Crippen molar-refractivity contribution in [2.75, 3.05) is 39.5 Å². The number of guanidine groups is 1. The number of nitrogens with one attached hydrogen (secondary N) is 3. The molecule has 0 bridgehead atoms. The highest BCUT2D eigenvalue weighted by molar-refractivity contribution is 14.0. The van der Waals surface area contributed by atoms with Crippen molar-refractivity contribution in [2.24, 2.45) is 10.9 Å². The van der Waals surface area contributed by atoms with Gasteiger partial charge in [-0.1, -0.05) is 6.42 Å². The molecule has 1 saturated carbocycles. The fraction of sp³-hybridized carbons (Fsp3) is 0.929. The van der Waals surface area contributed by atoms with Gasteiger partial charge in [-0.05, 0) is 32.6 Å². The monoisotopic (exact) mass is 462 g/mol. The number of ether oxygens (including phenoxy) is 1. The van der Waals surface area contributed by atoms with Crippen molar-refractivity contribution in [2.45, 2.75) is 38.7 Å². The summed E-state index contributed by atoms with van der Waals surface area (Å²) in [7, 11) is 0.0776. The molecule has 0 saturated heterocycles. The highest BCUT2D eigenvalue weighted by atomic mass is 127. The number of rotatable bonds is 9. The Balaban J connectivity index is 0.00000484. The van der Waals surface area contributed by atoms with Crippen LogP contribution in [-0.2, 0) is 14.8 Å². The van der Waals surface area contributed by atoms with E-state index in [1.807, 2.05) is 13.8 Å². The van der Waals surface area contributed by atoms with E-state index >= 15 is 0 Å². The van der Waals surface area contributed by atoms with E-state index in [0.29, 0.717) is 31.5 Å². The molecule has 1 aliphatic carbocycles. The van der Waals surface area contributed by atoms with Crippen LogP contribution in [0.2, 0.25) is 0 Å². The summed E-state index contributed by atoms with van der Waals surface area (Å²) in [6.45, 7) is 5.38. The number of methoxy groups -OCH3 is 1. The molecule has 0 radical (unpaired) electrons. The molecule has 1 aliphatic rings. The number of halogens is 1. The third kappa shape index (κ3) is 9.68. The molecule has 23 heavy (non-hydrogen) atoms. The Bertz CT molecular complexity index is 465. The lowest BCUT2D eigenvalue weighted by Gasteiger charge is -2.25. The summed E-state index contributed by atoms with van der Waals surface area (Å²) in [4.78, 5) is 4.07. The van der Waals surface area contributed by atoms with Crippen LogP contribution in [0.25, 0.3) is 0 Å². The molecule has 138 valence electrons. The van der Waals surface area contributed by atoms with Crippen LogP contribution in [0, 0.1) is 5.92 Å². The predicted octanol–water partition coefficient (Wildman–Crippen LogP) is 0.914. The number of aliphatic imine (C=N–C) groups is 1. The first-order chi connectivity index (χ1) is 10.3. The van der Waals surface area contributed by atoms with Gasteiger partial charge in [0.05, 0.1) is 11.4 Å². The van der Waals surface area contributed by atoms with Crippen LogP contribution in [0.5, 0.6) is 0 Å². The maximum atomic E-state index is 11.9. The fourth-order valence-electron chi connectivity index (χ4n) is 1.91. The zero-order valence-corrected chi connectivity index (χ0v) is 17.7. The largest absolute Gasteiger partial charge is 0.377 e. The van der Waals surface area contributed by atoms with E-state index in [-0.39, 0.29) is 35.3 Å². The Morgan fingerprint density at radius 1 is 1.30 bits per heavy atom. The van der Waals surface area contributed by atoms with Gasteiger partial charge in [0.1, 0.15) is 0 Å². The molecule has 1 rings (SSSR count). The molecule has 7 nitrogen and oxygen atoms in total. The summed E-state index contributed by atoms with van der Waals surface area (Å²) in [5, 5.41) is 6.12. The summed E-state index contributed by atoms with van der Waals surface area (Å²) in [6, 6.07) is 0. The molecule has 0 aliphatic heterocycles. The molecule has 0 unspecified atom stereocenters. The number of nitrogens with zero attached hydrogens (tertiary/aromatic N) is 1. The molecular weight excluding hydrogens is 431 g/mol. The summed E-state index contributed by atoms with van der Waals surface area (Å²) in [6.07, 6.45) is 3.48. The summed E-state index contributed by atoms with van der Waals surface area (Å²) in [5.74, 6) is 1.13. The zero-order chi connectivity index (χ0) is 16.6. The second-order valence-electron chi connectivity index (χ2n) is 6.28. The van der Waals surface area contributed by atoms with Gasteiger partial charge in [0, 0.05) is 33.8 Å². The molecule has 9 heteroatoms. The van der Waals surface area contributed by atoms with Crippen LogP contribution in [0.15, 0.2) is 4.99 Å². The number of hydrogen-bond acceptors (Lipinski definition) is 4. The first-order valence-corrected chi connectivity index (χ1v) is 9.40. The standard InChI is InChI=1S/C14H30N4O3S.HI/c1-14(2,21-4)11-17-13(15-3)16-8-9-22(19,20)18-10-12-6-5-7-12;/h12,18H,5-11H2,1-4H3,(H2,15,16,17);1H. The quantitative estimate of drug-likeness (QED) is 0.269. The van der Waals surface area contributed by atoms with Crippen molar-refractivity contribution in [3.05, 3.63) is 0 Å². The van der Waals surface area contributed by atoms with Crippen molar-refractivity contribution in [3.8, 4) is 0 Å². The van der Waals surface area contributed by atoms with Crippen molar-refractivity contribution in [3.63, 3.8) is 0 Å². The Labute approximate surface area is 157 Å². The van der Waals surface area contributed by atoms with Crippen LogP contribution in [0.1, 0.15) is 33.1 Å². The van der Waals surface area contributed by atoms with E-state index in [0.717, 1.165) is 12.8 Å². The first kappa shape index (κ1) is 22.9. The normalized spacial score (nSPS) is 16.4. The third-order valence-corrected chi connectivity index (χ3v) is 5.29. The van der Waals surface area contributed by atoms with Crippen molar-refractivity contribution >= 4 is 40.0 Å². The maximum absolute atomic E-state index is 11.9. The van der Waals surface area contributed by atoms with Gasteiger partial charge in [-0.3, -0.25) is 4.99 Å². The molecule has 0 aromatic rings. The van der Waals surface area contributed by atoms with E-state index in [1.54, 1.807) is 14.2 Å². The summed E-state index contributed by atoms with van der Waals surface area (Å²) >= 11 is 0. The summed E-state index contributed by atoms with van der Waals surface area (Å²) in [5.41, 5.74) is -0.311. The second-order valence-corrected chi connectivity index (χ2v) is 8.21. The predicted molar refractivity (Wildman–Crippen MR) is 105 cm³/mol. The molecule has 1 fully saturated rings. The SMILES string of the molecule is CN=C(NCCS(=O)(=O)NCC1CCC1)NCC(C)(C)OC.I. The van der Waals surface area contributed by atoms with Crippen LogP contribution in [-0.4, -0.2) is 59.5 Å². The minimum atomic E-state index is -3.22.